The van der Waals surface area contributed by atoms with Crippen molar-refractivity contribution < 1.29 is 14.7 Å². The molecule has 2 N–H and O–H groups in total. The number of urea groups is 1. The third-order valence-electron chi connectivity index (χ3n) is 3.91. The smallest absolute Gasteiger partial charge is 0.317 e. The fourth-order valence-corrected chi connectivity index (χ4v) is 2.35. The van der Waals surface area contributed by atoms with Gasteiger partial charge >= 0.3 is 12.0 Å². The van der Waals surface area contributed by atoms with Gasteiger partial charge in [-0.25, -0.2) is 4.79 Å². The number of carbonyl (C=O) groups excluding carboxylic acids is 1. The number of nitrogens with zero attached hydrogens (tertiary/aromatic N) is 1. The third-order valence-corrected chi connectivity index (χ3v) is 3.91. The summed E-state index contributed by atoms with van der Waals surface area (Å²) in [5.74, 6) is 1.78. The van der Waals surface area contributed by atoms with Crippen LogP contribution in [0.1, 0.15) is 39.0 Å². The van der Waals surface area contributed by atoms with Crippen LogP contribution in [-0.4, -0.2) is 41.6 Å². The molecule has 0 aromatic heterocycles. The molecule has 0 aromatic carbocycles. The van der Waals surface area contributed by atoms with E-state index in [1.807, 2.05) is 6.92 Å². The molecule has 0 spiro atoms. The Labute approximate surface area is 114 Å². The Kier molecular flexibility index (Phi) is 5.68. The lowest BCUT2D eigenvalue weighted by Crippen LogP contribution is -2.49. The molecule has 106 valence electrons. The molecule has 0 radical (unpaired) electrons. The van der Waals surface area contributed by atoms with Crippen LogP contribution in [0.5, 0.6) is 0 Å². The summed E-state index contributed by atoms with van der Waals surface area (Å²) < 4.78 is 0. The number of nitrogens with one attached hydrogen (secondary N) is 1. The summed E-state index contributed by atoms with van der Waals surface area (Å²) in [5, 5.41) is 12.1. The van der Waals surface area contributed by atoms with Crippen LogP contribution in [0.3, 0.4) is 0 Å². The second kappa shape index (κ2) is 7.03. The first-order valence-corrected chi connectivity index (χ1v) is 6.75. The van der Waals surface area contributed by atoms with Gasteiger partial charge in [0.05, 0.1) is 5.41 Å². The number of carboxylic acid groups (broad SMARTS) is 1. The highest BCUT2D eigenvalue weighted by atomic mass is 16.4. The van der Waals surface area contributed by atoms with Crippen molar-refractivity contribution >= 4 is 12.0 Å². The molecule has 0 unspecified atom stereocenters. The highest BCUT2D eigenvalue weighted by Gasteiger charge is 2.40. The summed E-state index contributed by atoms with van der Waals surface area (Å²) >= 11 is 0. The number of likely N-dealkylation sites (tertiary alicyclic amines) is 1. The van der Waals surface area contributed by atoms with Gasteiger partial charge in [0.1, 0.15) is 0 Å². The van der Waals surface area contributed by atoms with Crippen LogP contribution in [0.25, 0.3) is 0 Å². The second-order valence-corrected chi connectivity index (χ2v) is 4.97. The Morgan fingerprint density at radius 2 is 2.05 bits per heavy atom. The van der Waals surface area contributed by atoms with E-state index < -0.39 is 11.4 Å². The van der Waals surface area contributed by atoms with E-state index in [9.17, 15) is 14.7 Å². The summed E-state index contributed by atoms with van der Waals surface area (Å²) in [7, 11) is 0. The Morgan fingerprint density at radius 3 is 2.53 bits per heavy atom. The highest BCUT2D eigenvalue weighted by molar-refractivity contribution is 5.77. The minimum absolute atomic E-state index is 0.118. The fourth-order valence-electron chi connectivity index (χ4n) is 2.35. The molecular weight excluding hydrogens is 244 g/mol. The average molecular weight is 266 g/mol. The standard InChI is InChI=1S/C14H22N2O3/c1-3-5-6-9-15-13(19)16-10-7-14(4-2,8-11-16)12(17)18/h1H,4-11H2,2H3,(H,15,19)(H,17,18). The number of amides is 2. The first-order valence-electron chi connectivity index (χ1n) is 6.75. The van der Waals surface area contributed by atoms with Crippen molar-refractivity contribution in [3.63, 3.8) is 0 Å². The number of unbranched alkanes of at least 4 members (excludes halogenated alkanes) is 1. The van der Waals surface area contributed by atoms with Gasteiger partial charge in [-0.2, -0.15) is 0 Å². The zero-order valence-electron chi connectivity index (χ0n) is 11.4. The van der Waals surface area contributed by atoms with E-state index >= 15 is 0 Å². The van der Waals surface area contributed by atoms with Gasteiger partial charge in [-0.1, -0.05) is 6.92 Å². The molecule has 1 fully saturated rings. The molecule has 0 bridgehead atoms. The van der Waals surface area contributed by atoms with E-state index in [0.29, 0.717) is 45.3 Å². The molecule has 0 saturated carbocycles. The van der Waals surface area contributed by atoms with Crippen LogP contribution in [0, 0.1) is 17.8 Å². The van der Waals surface area contributed by atoms with Gasteiger partial charge in [0, 0.05) is 26.1 Å². The number of carboxylic acids is 1. The van der Waals surface area contributed by atoms with Gasteiger partial charge in [0.2, 0.25) is 0 Å². The van der Waals surface area contributed by atoms with E-state index in [1.54, 1.807) is 4.90 Å². The molecule has 2 amide bonds. The van der Waals surface area contributed by atoms with E-state index in [4.69, 9.17) is 6.42 Å². The lowest BCUT2D eigenvalue weighted by Gasteiger charge is -2.38. The molecule has 1 rings (SSSR count). The van der Waals surface area contributed by atoms with Crippen molar-refractivity contribution in [3.8, 4) is 12.3 Å². The second-order valence-electron chi connectivity index (χ2n) is 4.97. The maximum Gasteiger partial charge on any atom is 0.317 e. The van der Waals surface area contributed by atoms with Crippen molar-refractivity contribution in [2.45, 2.75) is 39.0 Å². The fraction of sp³-hybridized carbons (Fsp3) is 0.714. The maximum absolute atomic E-state index is 11.8. The average Bonchev–Trinajstić information content (AvgIpc) is 2.43. The molecular formula is C14H22N2O3. The number of carbonyl (C=O) groups is 2. The van der Waals surface area contributed by atoms with Crippen molar-refractivity contribution in [1.29, 1.82) is 0 Å². The van der Waals surface area contributed by atoms with Gasteiger partial charge in [-0.15, -0.1) is 12.3 Å². The molecule has 1 aliphatic rings. The van der Waals surface area contributed by atoms with Crippen LogP contribution in [0.4, 0.5) is 4.79 Å². The van der Waals surface area contributed by atoms with Crippen LogP contribution < -0.4 is 5.32 Å². The third kappa shape index (κ3) is 3.88. The van der Waals surface area contributed by atoms with Crippen LogP contribution >= 0.6 is 0 Å². The van der Waals surface area contributed by atoms with Gasteiger partial charge < -0.3 is 15.3 Å². The van der Waals surface area contributed by atoms with E-state index in [-0.39, 0.29) is 6.03 Å². The summed E-state index contributed by atoms with van der Waals surface area (Å²) in [6, 6.07) is -0.118. The molecule has 1 aliphatic heterocycles. The molecule has 5 nitrogen and oxygen atoms in total. The van der Waals surface area contributed by atoms with Crippen LogP contribution in [0.15, 0.2) is 0 Å². The van der Waals surface area contributed by atoms with Crippen LogP contribution in [0.2, 0.25) is 0 Å². The zero-order chi connectivity index (χ0) is 14.3. The monoisotopic (exact) mass is 266 g/mol. The van der Waals surface area contributed by atoms with Crippen molar-refractivity contribution in [1.82, 2.24) is 10.2 Å². The highest BCUT2D eigenvalue weighted by Crippen LogP contribution is 2.35. The number of hydrogen-bond acceptors (Lipinski definition) is 2. The molecule has 0 atom stereocenters. The summed E-state index contributed by atoms with van der Waals surface area (Å²) in [4.78, 5) is 24.8. The Balaban J connectivity index is 2.39. The summed E-state index contributed by atoms with van der Waals surface area (Å²) in [6.07, 6.45) is 8.21. The SMILES string of the molecule is C#CCCCNC(=O)N1CCC(CC)(C(=O)O)CC1. The molecule has 5 heteroatoms. The minimum Gasteiger partial charge on any atom is -0.481 e. The predicted molar refractivity (Wildman–Crippen MR) is 72.6 cm³/mol. The Hall–Kier alpha value is -1.70. The molecule has 0 aliphatic carbocycles. The number of aliphatic carboxylic acids is 1. The Morgan fingerprint density at radius 1 is 1.42 bits per heavy atom. The first-order chi connectivity index (χ1) is 9.05. The van der Waals surface area contributed by atoms with Gasteiger partial charge in [0.15, 0.2) is 0 Å². The first kappa shape index (κ1) is 15.4. The quantitative estimate of drug-likeness (QED) is 0.587. The molecule has 1 heterocycles. The lowest BCUT2D eigenvalue weighted by molar-refractivity contribution is -0.151. The number of piperidine rings is 1. The summed E-state index contributed by atoms with van der Waals surface area (Å²) in [5.41, 5.74) is -0.653. The molecule has 0 aromatic rings. The van der Waals surface area contributed by atoms with Gasteiger partial charge in [-0.3, -0.25) is 4.79 Å². The zero-order valence-corrected chi connectivity index (χ0v) is 11.4. The van der Waals surface area contributed by atoms with Gasteiger partial charge in [-0.05, 0) is 25.7 Å². The topological polar surface area (TPSA) is 69.6 Å². The Bertz CT molecular complexity index is 365. The number of terminal acetylenes is 1. The van der Waals surface area contributed by atoms with E-state index in [1.165, 1.54) is 0 Å². The largest absolute Gasteiger partial charge is 0.481 e. The van der Waals surface area contributed by atoms with Crippen molar-refractivity contribution in [3.05, 3.63) is 0 Å². The normalized spacial score (nSPS) is 17.6. The van der Waals surface area contributed by atoms with Gasteiger partial charge in [0.25, 0.3) is 0 Å². The summed E-state index contributed by atoms with van der Waals surface area (Å²) in [6.45, 7) is 3.46. The lowest BCUT2D eigenvalue weighted by atomic mass is 9.76. The number of rotatable bonds is 5. The molecule has 1 saturated heterocycles. The minimum atomic E-state index is -0.746. The molecule has 19 heavy (non-hydrogen) atoms. The van der Waals surface area contributed by atoms with Crippen LogP contribution in [-0.2, 0) is 4.79 Å². The van der Waals surface area contributed by atoms with Crippen molar-refractivity contribution in [2.24, 2.45) is 5.41 Å². The van der Waals surface area contributed by atoms with Crippen molar-refractivity contribution in [2.75, 3.05) is 19.6 Å². The maximum atomic E-state index is 11.8. The van der Waals surface area contributed by atoms with E-state index in [0.717, 1.165) is 6.42 Å². The van der Waals surface area contributed by atoms with E-state index in [2.05, 4.69) is 11.2 Å². The predicted octanol–water partition coefficient (Wildman–Crippen LogP) is 1.69. The number of hydrogen-bond donors (Lipinski definition) is 2.